The molecule has 13 aromatic rings. The molecule has 0 aliphatic heterocycles. The van der Waals surface area contributed by atoms with Crippen LogP contribution in [0.5, 0.6) is 0 Å². The monoisotopic (exact) mass is 783 g/mol. The first-order valence-corrected chi connectivity index (χ1v) is 21.1. The van der Waals surface area contributed by atoms with Crippen LogP contribution in [0, 0.1) is 0 Å². The molecule has 3 nitrogen and oxygen atoms in total. The molecule has 3 heterocycles. The van der Waals surface area contributed by atoms with E-state index >= 15 is 0 Å². The second-order valence-electron chi connectivity index (χ2n) is 15.6. The Morgan fingerprint density at radius 3 is 1.33 bits per heavy atom. The third kappa shape index (κ3) is 4.95. The van der Waals surface area contributed by atoms with Crippen molar-refractivity contribution in [2.45, 2.75) is 0 Å². The average molecular weight is 784 g/mol. The van der Waals surface area contributed by atoms with Gasteiger partial charge in [-0.1, -0.05) is 146 Å². The van der Waals surface area contributed by atoms with Gasteiger partial charge < -0.3 is 13.7 Å². The van der Waals surface area contributed by atoms with Gasteiger partial charge in [-0.3, -0.25) is 0 Å². The topological polar surface area (TPSA) is 29.5 Å². The van der Waals surface area contributed by atoms with E-state index in [0.29, 0.717) is 0 Å². The zero-order chi connectivity index (χ0) is 39.3. The summed E-state index contributed by atoms with van der Waals surface area (Å²) < 4.78 is 16.0. The molecule has 4 heteroatoms. The normalized spacial score (nSPS) is 12.0. The predicted octanol–water partition coefficient (Wildman–Crippen LogP) is 17.0. The van der Waals surface area contributed by atoms with Gasteiger partial charge in [-0.05, 0) is 76.5 Å². The van der Waals surface area contributed by atoms with E-state index in [9.17, 15) is 0 Å². The van der Waals surface area contributed by atoms with E-state index in [1.807, 2.05) is 11.3 Å². The number of benzene rings is 10. The highest BCUT2D eigenvalue weighted by Gasteiger charge is 2.21. The molecular formula is C56H33NO2S. The van der Waals surface area contributed by atoms with Crippen LogP contribution in [0.3, 0.4) is 0 Å². The number of hydrogen-bond donors (Lipinski definition) is 0. The van der Waals surface area contributed by atoms with E-state index in [1.165, 1.54) is 30.9 Å². The first-order valence-electron chi connectivity index (χ1n) is 20.3. The maximum absolute atomic E-state index is 6.74. The summed E-state index contributed by atoms with van der Waals surface area (Å²) in [5, 5.41) is 11.7. The Hall–Kier alpha value is -7.66. The zero-order valence-electron chi connectivity index (χ0n) is 32.2. The molecule has 0 atom stereocenters. The molecule has 3 aromatic heterocycles. The van der Waals surface area contributed by atoms with Crippen molar-refractivity contribution in [3.63, 3.8) is 0 Å². The van der Waals surface area contributed by atoms with Gasteiger partial charge in [0.15, 0.2) is 0 Å². The number of thiophene rings is 1. The fourth-order valence-electron chi connectivity index (χ4n) is 9.46. The van der Waals surface area contributed by atoms with Crippen LogP contribution in [-0.2, 0) is 0 Å². The second kappa shape index (κ2) is 12.9. The van der Waals surface area contributed by atoms with E-state index in [1.54, 1.807) is 0 Å². The molecule has 10 aromatic carbocycles. The van der Waals surface area contributed by atoms with Crippen molar-refractivity contribution in [3.05, 3.63) is 200 Å². The minimum atomic E-state index is 0.909. The van der Waals surface area contributed by atoms with Gasteiger partial charge >= 0.3 is 0 Å². The zero-order valence-corrected chi connectivity index (χ0v) is 33.0. The quantitative estimate of drug-likeness (QED) is 0.174. The molecule has 0 N–H and O–H groups in total. The molecule has 0 bridgehead atoms. The van der Waals surface area contributed by atoms with Crippen molar-refractivity contribution in [1.29, 1.82) is 0 Å². The highest BCUT2D eigenvalue weighted by Crippen LogP contribution is 2.47. The number of furan rings is 2. The van der Waals surface area contributed by atoms with Gasteiger partial charge in [0.1, 0.15) is 22.3 Å². The molecular weight excluding hydrogens is 751 g/mol. The summed E-state index contributed by atoms with van der Waals surface area (Å²) >= 11 is 1.84. The van der Waals surface area contributed by atoms with E-state index in [2.05, 4.69) is 205 Å². The lowest BCUT2D eigenvalue weighted by atomic mass is 10.00. The number of fused-ring (bicyclic) bond motifs is 13. The number of rotatable bonds is 5. The van der Waals surface area contributed by atoms with Crippen LogP contribution in [0.25, 0.3) is 108 Å². The smallest absolute Gasteiger partial charge is 0.143 e. The van der Waals surface area contributed by atoms with E-state index in [-0.39, 0.29) is 0 Å². The Labute approximate surface area is 348 Å². The lowest BCUT2D eigenvalue weighted by molar-refractivity contribution is 0.673. The minimum absolute atomic E-state index is 0.909. The Morgan fingerprint density at radius 2 is 0.767 bits per heavy atom. The molecule has 0 unspecified atom stereocenters. The van der Waals surface area contributed by atoms with Crippen molar-refractivity contribution in [2.75, 3.05) is 4.90 Å². The van der Waals surface area contributed by atoms with Crippen LogP contribution < -0.4 is 4.90 Å². The van der Waals surface area contributed by atoms with Gasteiger partial charge in [-0.25, -0.2) is 0 Å². The third-order valence-electron chi connectivity index (χ3n) is 12.3. The van der Waals surface area contributed by atoms with Crippen LogP contribution in [0.1, 0.15) is 0 Å². The lowest BCUT2D eigenvalue weighted by Gasteiger charge is -2.27. The number of para-hydroxylation sites is 2. The Morgan fingerprint density at radius 1 is 0.317 bits per heavy atom. The molecule has 0 aliphatic rings. The van der Waals surface area contributed by atoms with Gasteiger partial charge in [0.25, 0.3) is 0 Å². The van der Waals surface area contributed by atoms with Crippen molar-refractivity contribution < 1.29 is 8.83 Å². The summed E-state index contributed by atoms with van der Waals surface area (Å²) in [5.41, 5.74) is 11.3. The second-order valence-corrected chi connectivity index (χ2v) is 16.7. The highest BCUT2D eigenvalue weighted by molar-refractivity contribution is 7.26. The minimum Gasteiger partial charge on any atom is -0.455 e. The molecule has 0 saturated heterocycles. The van der Waals surface area contributed by atoms with Crippen LogP contribution in [0.2, 0.25) is 0 Å². The summed E-state index contributed by atoms with van der Waals surface area (Å²) in [4.78, 5) is 2.40. The van der Waals surface area contributed by atoms with Crippen LogP contribution in [-0.4, -0.2) is 0 Å². The first kappa shape index (κ1) is 33.3. The Balaban J connectivity index is 0.955. The molecule has 0 amide bonds. The summed E-state index contributed by atoms with van der Waals surface area (Å²) in [6.45, 7) is 0. The predicted molar refractivity (Wildman–Crippen MR) is 254 cm³/mol. The molecule has 280 valence electrons. The Bertz CT molecular complexity index is 3640. The maximum atomic E-state index is 6.74. The number of anilines is 3. The maximum Gasteiger partial charge on any atom is 0.143 e. The molecule has 0 radical (unpaired) electrons. The summed E-state index contributed by atoms with van der Waals surface area (Å²) in [6, 6.07) is 71.9. The highest BCUT2D eigenvalue weighted by atomic mass is 32.1. The number of hydrogen-bond acceptors (Lipinski definition) is 4. The van der Waals surface area contributed by atoms with Crippen LogP contribution in [0.4, 0.5) is 17.1 Å². The number of nitrogens with zero attached hydrogens (tertiary/aromatic N) is 1. The molecule has 0 saturated carbocycles. The summed E-state index contributed by atoms with van der Waals surface area (Å²) in [5.74, 6) is 0. The summed E-state index contributed by atoms with van der Waals surface area (Å²) in [6.07, 6.45) is 0. The average Bonchev–Trinajstić information content (AvgIpc) is 4.02. The van der Waals surface area contributed by atoms with Crippen LogP contribution in [0.15, 0.2) is 209 Å². The van der Waals surface area contributed by atoms with Crippen molar-refractivity contribution in [1.82, 2.24) is 0 Å². The molecule has 0 spiro atoms. The molecule has 60 heavy (non-hydrogen) atoms. The summed E-state index contributed by atoms with van der Waals surface area (Å²) in [7, 11) is 0. The van der Waals surface area contributed by atoms with Crippen molar-refractivity contribution in [2.24, 2.45) is 0 Å². The van der Waals surface area contributed by atoms with E-state index in [0.717, 1.165) is 94.0 Å². The van der Waals surface area contributed by atoms with Gasteiger partial charge in [0.2, 0.25) is 0 Å². The molecule has 13 rings (SSSR count). The Kier molecular flexibility index (Phi) is 7.18. The first-order chi connectivity index (χ1) is 29.7. The van der Waals surface area contributed by atoms with Gasteiger partial charge in [-0.2, -0.15) is 0 Å². The van der Waals surface area contributed by atoms with Gasteiger partial charge in [-0.15, -0.1) is 11.3 Å². The van der Waals surface area contributed by atoms with Crippen molar-refractivity contribution >= 4 is 114 Å². The van der Waals surface area contributed by atoms with Gasteiger partial charge in [0, 0.05) is 75.0 Å². The van der Waals surface area contributed by atoms with Crippen molar-refractivity contribution in [3.8, 4) is 22.3 Å². The SMILES string of the molecule is c1ccc2c(c1)ccc1c3cccc(-c4ccc(N(c5ccc(-c6cccc7c6oc6c8ccccc8ccc76)cc5)c5cccc6sc7ccccc7c56)cc4)c3oc21. The molecule has 0 fully saturated rings. The van der Waals surface area contributed by atoms with E-state index in [4.69, 9.17) is 8.83 Å². The standard InChI is InChI=1S/C56H33NO2S/c1-3-12-40-34(10-1)26-32-46-44-17-7-15-42(53(44)58-55(40)46)36-22-28-38(29-23-36)57(49-19-9-21-51-52(49)48-14-5-6-20-50(48)60-51)39-30-24-37(25-31-39)43-16-8-18-45-47-33-27-35-11-2-4-13-41(35)56(47)59-54(43)45/h1-33H. The van der Waals surface area contributed by atoms with E-state index < -0.39 is 0 Å². The fraction of sp³-hybridized carbons (Fsp3) is 0. The fourth-order valence-corrected chi connectivity index (χ4v) is 10.6. The van der Waals surface area contributed by atoms with Crippen LogP contribution >= 0.6 is 11.3 Å². The molecule has 0 aliphatic carbocycles. The van der Waals surface area contributed by atoms with Gasteiger partial charge in [0.05, 0.1) is 5.69 Å². The largest absolute Gasteiger partial charge is 0.455 e. The lowest BCUT2D eigenvalue weighted by Crippen LogP contribution is -2.10. The third-order valence-corrected chi connectivity index (χ3v) is 13.4.